The van der Waals surface area contributed by atoms with Crippen molar-refractivity contribution in [3.63, 3.8) is 0 Å². The molecule has 3 heteroatoms. The second-order valence-corrected chi connectivity index (χ2v) is 25.5. The summed E-state index contributed by atoms with van der Waals surface area (Å²) in [7, 11) is 0. The summed E-state index contributed by atoms with van der Waals surface area (Å²) >= 11 is -2.48. The van der Waals surface area contributed by atoms with Crippen LogP contribution in [-0.4, -0.2) is 27.6 Å². The van der Waals surface area contributed by atoms with E-state index in [0.717, 1.165) is 6.42 Å². The molecule has 0 atom stereocenters. The molecule has 0 saturated carbocycles. The van der Waals surface area contributed by atoms with Crippen LogP contribution in [0.1, 0.15) is 110 Å². The van der Waals surface area contributed by atoms with E-state index in [1.807, 2.05) is 0 Å². The van der Waals surface area contributed by atoms with Crippen LogP contribution in [0.5, 0.6) is 0 Å². The normalized spacial score (nSPS) is 11.7. The van der Waals surface area contributed by atoms with Crippen molar-refractivity contribution < 1.29 is 7.48 Å². The Morgan fingerprint density at radius 2 is 0.958 bits per heavy atom. The first-order valence-corrected chi connectivity index (χ1v) is 23.9. The van der Waals surface area contributed by atoms with Crippen molar-refractivity contribution in [2.45, 2.75) is 123 Å². The van der Waals surface area contributed by atoms with Gasteiger partial charge in [0.25, 0.3) is 0 Å². The minimum atomic E-state index is -2.48. The fourth-order valence-corrected chi connectivity index (χ4v) is 6.09. The third-order valence-electron chi connectivity index (χ3n) is 4.40. The van der Waals surface area contributed by atoms with Gasteiger partial charge >= 0.3 is 113 Å². The molecule has 0 aromatic heterocycles. The van der Waals surface area contributed by atoms with E-state index >= 15 is 0 Å². The summed E-state index contributed by atoms with van der Waals surface area (Å²) in [5.41, 5.74) is 0. The summed E-state index contributed by atoms with van der Waals surface area (Å²) in [5, 5.41) is 0. The predicted molar refractivity (Wildman–Crippen MR) is 109 cm³/mol. The van der Waals surface area contributed by atoms with Crippen LogP contribution in [0.15, 0.2) is 0 Å². The van der Waals surface area contributed by atoms with Crippen LogP contribution < -0.4 is 0 Å². The average molecular weight is 536 g/mol. The Hall–Kier alpha value is 0.392. The van der Waals surface area contributed by atoms with E-state index < -0.39 is 21.6 Å². The second-order valence-electron chi connectivity index (χ2n) is 8.29. The van der Waals surface area contributed by atoms with Gasteiger partial charge < -0.3 is 0 Å². The molecule has 0 aromatic carbocycles. The molecule has 144 valence electrons. The van der Waals surface area contributed by atoms with Crippen LogP contribution in [0, 0.1) is 0 Å². The molecule has 0 amide bonds. The first-order chi connectivity index (χ1) is 11.5. The third-order valence-corrected chi connectivity index (χ3v) is 7.67. The van der Waals surface area contributed by atoms with Gasteiger partial charge in [0.15, 0.2) is 0 Å². The van der Waals surface area contributed by atoms with Gasteiger partial charge in [0.05, 0.1) is 0 Å². The van der Waals surface area contributed by atoms with Crippen molar-refractivity contribution in [2.75, 3.05) is 0 Å². The zero-order valence-electron chi connectivity index (χ0n) is 17.1. The molecule has 0 aliphatic carbocycles. The maximum absolute atomic E-state index is 11.6. The molecule has 0 aromatic rings. The quantitative estimate of drug-likeness (QED) is 0.141. The molecule has 2 nitrogen and oxygen atoms in total. The molecule has 0 heterocycles. The van der Waals surface area contributed by atoms with Crippen LogP contribution >= 0.6 is 0 Å². The van der Waals surface area contributed by atoms with Gasteiger partial charge in [-0.05, 0) is 0 Å². The van der Waals surface area contributed by atoms with Gasteiger partial charge in [-0.15, -0.1) is 0 Å². The van der Waals surface area contributed by atoms with Crippen molar-refractivity contribution in [1.29, 1.82) is 0 Å². The fourth-order valence-electron chi connectivity index (χ4n) is 3.03. The van der Waals surface area contributed by atoms with Gasteiger partial charge in [-0.1, -0.05) is 45.4 Å². The first kappa shape index (κ1) is 24.4. The third kappa shape index (κ3) is 20.4. The van der Waals surface area contributed by atoms with E-state index in [0.29, 0.717) is 6.42 Å². The van der Waals surface area contributed by atoms with Gasteiger partial charge in [-0.25, -0.2) is 0 Å². The standard InChI is InChI=1S/C18H36O2.3CH3.Pb/c1-2-3-4-5-6-7-8-9-10-11-12-13-14-15-16-17-18(19)20;;;;/h2-17H2,1H3,(H,19,20);3*1H3;/q;;;;+1/p-1. The topological polar surface area (TPSA) is 26.3 Å². The van der Waals surface area contributed by atoms with E-state index in [2.05, 4.69) is 20.4 Å². The number of unbranched alkanes of at least 4 members (excludes halogenated alkanes) is 14. The zero-order chi connectivity index (χ0) is 18.1. The Bertz CT molecular complexity index is 284. The minimum absolute atomic E-state index is 0.0545. The number of hydrogen-bond donors (Lipinski definition) is 0. The summed E-state index contributed by atoms with van der Waals surface area (Å²) in [6.45, 7) is 2.28. The summed E-state index contributed by atoms with van der Waals surface area (Å²) in [6.07, 6.45) is 21.1. The van der Waals surface area contributed by atoms with E-state index in [9.17, 15) is 4.79 Å². The van der Waals surface area contributed by atoms with Gasteiger partial charge in [0.2, 0.25) is 0 Å². The summed E-state index contributed by atoms with van der Waals surface area (Å²) in [5.74, 6) is 0.0545. The Morgan fingerprint density at radius 3 is 1.29 bits per heavy atom. The molecule has 0 aliphatic rings. The maximum atomic E-state index is 11.6. The second kappa shape index (κ2) is 16.8. The molecular formula is C21H44O2Pb. The van der Waals surface area contributed by atoms with Crippen molar-refractivity contribution >= 4 is 27.6 Å². The van der Waals surface area contributed by atoms with Gasteiger partial charge in [-0.2, -0.15) is 0 Å². The summed E-state index contributed by atoms with van der Waals surface area (Å²) < 4.78 is 12.0. The van der Waals surface area contributed by atoms with Crippen LogP contribution in [0.4, 0.5) is 0 Å². The molecule has 0 radical (unpaired) electrons. The molecule has 24 heavy (non-hydrogen) atoms. The van der Waals surface area contributed by atoms with Crippen LogP contribution in [0.25, 0.3) is 0 Å². The van der Waals surface area contributed by atoms with E-state index in [1.54, 1.807) is 0 Å². The molecule has 0 bridgehead atoms. The van der Waals surface area contributed by atoms with Crippen molar-refractivity contribution in [3.05, 3.63) is 0 Å². The number of carbonyl (C=O) groups is 1. The Kier molecular flexibility index (Phi) is 17.1. The Labute approximate surface area is 157 Å². The SMILES string of the molecule is CCCCCCCCCCCCCCCCCC(=O)[O][Pb]([CH3])([CH3])[CH3]. The Morgan fingerprint density at radius 1 is 0.625 bits per heavy atom. The van der Waals surface area contributed by atoms with E-state index in [-0.39, 0.29) is 5.97 Å². The molecule has 0 N–H and O–H groups in total. The van der Waals surface area contributed by atoms with Gasteiger partial charge in [0, 0.05) is 0 Å². The molecule has 0 spiro atoms. The van der Waals surface area contributed by atoms with Crippen LogP contribution in [-0.2, 0) is 7.48 Å². The summed E-state index contributed by atoms with van der Waals surface area (Å²) in [6, 6.07) is 0. The molecule has 0 rings (SSSR count). The number of rotatable bonds is 17. The van der Waals surface area contributed by atoms with Crippen LogP contribution in [0.3, 0.4) is 0 Å². The molecule has 0 saturated heterocycles. The average Bonchev–Trinajstić information content (AvgIpc) is 2.49. The number of carbonyl (C=O) groups excluding carboxylic acids is 1. The summed E-state index contributed by atoms with van der Waals surface area (Å²) in [4.78, 5) is 11.6. The first-order valence-electron chi connectivity index (χ1n) is 10.7. The molecule has 0 fully saturated rings. The zero-order valence-corrected chi connectivity index (χ0v) is 21.0. The fraction of sp³-hybridized carbons (Fsp3) is 0.952. The predicted octanol–water partition coefficient (Wildman–Crippen LogP) is 7.63. The monoisotopic (exact) mass is 536 g/mol. The molecule has 0 unspecified atom stereocenters. The van der Waals surface area contributed by atoms with Crippen molar-refractivity contribution in [2.24, 2.45) is 0 Å². The number of hydrogen-bond acceptors (Lipinski definition) is 2. The van der Waals surface area contributed by atoms with Crippen molar-refractivity contribution in [3.8, 4) is 0 Å². The van der Waals surface area contributed by atoms with Crippen molar-refractivity contribution in [1.82, 2.24) is 0 Å². The van der Waals surface area contributed by atoms with Gasteiger partial charge in [0.1, 0.15) is 0 Å². The van der Waals surface area contributed by atoms with E-state index in [1.165, 1.54) is 89.9 Å². The molecule has 0 aliphatic heterocycles. The Balaban J connectivity index is 3.14. The van der Waals surface area contributed by atoms with Gasteiger partial charge in [-0.3, -0.25) is 0 Å². The van der Waals surface area contributed by atoms with E-state index in [4.69, 9.17) is 2.69 Å². The molecular weight excluding hydrogens is 491 g/mol. The van der Waals surface area contributed by atoms with Crippen LogP contribution in [0.2, 0.25) is 13.4 Å².